The highest BCUT2D eigenvalue weighted by molar-refractivity contribution is 7.05. The third-order valence-corrected chi connectivity index (χ3v) is 4.96. The first-order chi connectivity index (χ1) is 11.5. The van der Waals surface area contributed by atoms with Crippen LogP contribution in [0.1, 0.15) is 60.7 Å². The van der Waals surface area contributed by atoms with Gasteiger partial charge in [-0.1, -0.05) is 18.3 Å². The van der Waals surface area contributed by atoms with Crippen LogP contribution in [0, 0.1) is 6.92 Å². The Hall–Kier alpha value is -2.03. The highest BCUT2D eigenvalue weighted by atomic mass is 32.1. The predicted molar refractivity (Wildman–Crippen MR) is 90.9 cm³/mol. The number of aromatic nitrogens is 5. The first-order valence-corrected chi connectivity index (χ1v) is 9.04. The lowest BCUT2D eigenvalue weighted by atomic mass is 9.98. The Morgan fingerprint density at radius 3 is 3.04 bits per heavy atom. The Morgan fingerprint density at radius 2 is 2.33 bits per heavy atom. The second kappa shape index (κ2) is 7.25. The maximum Gasteiger partial charge on any atom is 0.317 e. The van der Waals surface area contributed by atoms with Crippen LogP contribution in [0.25, 0.3) is 0 Å². The second-order valence-corrected chi connectivity index (χ2v) is 7.30. The fraction of sp³-hybridized carbons (Fsp3) is 0.667. The van der Waals surface area contributed by atoms with Crippen molar-refractivity contribution in [2.75, 3.05) is 13.1 Å². The third kappa shape index (κ3) is 3.72. The van der Waals surface area contributed by atoms with E-state index in [9.17, 15) is 4.79 Å². The maximum atomic E-state index is 12.5. The summed E-state index contributed by atoms with van der Waals surface area (Å²) in [7, 11) is 0. The number of hydrogen-bond acceptors (Lipinski definition) is 6. The van der Waals surface area contributed by atoms with Gasteiger partial charge in [0.2, 0.25) is 0 Å². The number of carbonyl (C=O) groups excluding carboxylic acids is 1. The lowest BCUT2D eigenvalue weighted by molar-refractivity contribution is 0.178. The van der Waals surface area contributed by atoms with Crippen molar-refractivity contribution >= 4 is 17.6 Å². The van der Waals surface area contributed by atoms with Crippen molar-refractivity contribution in [3.63, 3.8) is 0 Å². The molecule has 130 valence electrons. The highest BCUT2D eigenvalue weighted by Gasteiger charge is 2.27. The van der Waals surface area contributed by atoms with Crippen LogP contribution in [0.15, 0.2) is 0 Å². The van der Waals surface area contributed by atoms with Gasteiger partial charge in [0.1, 0.15) is 5.82 Å². The topological polar surface area (TPSA) is 99.7 Å². The van der Waals surface area contributed by atoms with E-state index in [1.54, 1.807) is 0 Å². The summed E-state index contributed by atoms with van der Waals surface area (Å²) in [5.74, 6) is 2.12. The van der Waals surface area contributed by atoms with E-state index in [0.29, 0.717) is 19.0 Å². The fourth-order valence-electron chi connectivity index (χ4n) is 2.96. The lowest BCUT2D eigenvalue weighted by Crippen LogP contribution is -2.44. The number of likely N-dealkylation sites (tertiary alicyclic amines) is 1. The second-order valence-electron chi connectivity index (χ2n) is 6.46. The van der Waals surface area contributed by atoms with Gasteiger partial charge in [-0.25, -0.2) is 9.78 Å². The highest BCUT2D eigenvalue weighted by Crippen LogP contribution is 2.24. The number of H-pyrrole nitrogens is 1. The Balaban J connectivity index is 1.57. The monoisotopic (exact) mass is 349 g/mol. The summed E-state index contributed by atoms with van der Waals surface area (Å²) >= 11 is 1.35. The van der Waals surface area contributed by atoms with Gasteiger partial charge in [0.05, 0.1) is 17.1 Å². The molecule has 3 rings (SSSR count). The molecule has 2 aromatic rings. The first-order valence-electron chi connectivity index (χ1n) is 8.27. The van der Waals surface area contributed by atoms with Gasteiger partial charge < -0.3 is 10.2 Å². The van der Waals surface area contributed by atoms with Crippen LogP contribution >= 0.6 is 11.5 Å². The summed E-state index contributed by atoms with van der Waals surface area (Å²) in [6, 6.07) is -0.0462. The number of rotatable bonds is 4. The molecule has 1 saturated heterocycles. The summed E-state index contributed by atoms with van der Waals surface area (Å²) in [5.41, 5.74) is 0.966. The van der Waals surface area contributed by atoms with Gasteiger partial charge in [-0.05, 0) is 37.2 Å². The molecular formula is C15H23N7OS. The molecule has 2 N–H and O–H groups in total. The molecule has 1 fully saturated rings. The number of carbonyl (C=O) groups is 1. The Morgan fingerprint density at radius 1 is 1.50 bits per heavy atom. The van der Waals surface area contributed by atoms with Crippen molar-refractivity contribution < 1.29 is 4.79 Å². The van der Waals surface area contributed by atoms with Gasteiger partial charge in [-0.2, -0.15) is 5.10 Å². The van der Waals surface area contributed by atoms with Crippen molar-refractivity contribution in [3.05, 3.63) is 22.2 Å². The summed E-state index contributed by atoms with van der Waals surface area (Å²) in [4.78, 5) is 19.8. The van der Waals surface area contributed by atoms with Crippen LogP contribution in [0.3, 0.4) is 0 Å². The molecular weight excluding hydrogens is 326 g/mol. The van der Waals surface area contributed by atoms with Gasteiger partial charge in [-0.15, -0.1) is 5.10 Å². The minimum Gasteiger partial charge on any atom is -0.333 e. The zero-order valence-corrected chi connectivity index (χ0v) is 15.1. The summed E-state index contributed by atoms with van der Waals surface area (Å²) in [6.07, 6.45) is 1.97. The molecule has 1 unspecified atom stereocenters. The zero-order valence-electron chi connectivity index (χ0n) is 14.2. The van der Waals surface area contributed by atoms with E-state index < -0.39 is 0 Å². The van der Waals surface area contributed by atoms with Crippen LogP contribution in [0.5, 0.6) is 0 Å². The molecule has 9 heteroatoms. The van der Waals surface area contributed by atoms with E-state index in [4.69, 9.17) is 0 Å². The minimum atomic E-state index is -0.0462. The van der Waals surface area contributed by atoms with Crippen LogP contribution in [0.2, 0.25) is 0 Å². The summed E-state index contributed by atoms with van der Waals surface area (Å²) in [5, 5.41) is 14.3. The molecule has 24 heavy (non-hydrogen) atoms. The van der Waals surface area contributed by atoms with E-state index in [0.717, 1.165) is 41.6 Å². The molecule has 2 amide bonds. The lowest BCUT2D eigenvalue weighted by Gasteiger charge is -2.31. The van der Waals surface area contributed by atoms with Crippen LogP contribution < -0.4 is 5.32 Å². The van der Waals surface area contributed by atoms with Gasteiger partial charge in [0.15, 0.2) is 5.82 Å². The molecule has 8 nitrogen and oxygen atoms in total. The molecule has 0 radical (unpaired) electrons. The van der Waals surface area contributed by atoms with E-state index in [-0.39, 0.29) is 11.9 Å². The van der Waals surface area contributed by atoms with Gasteiger partial charge in [-0.3, -0.25) is 5.10 Å². The molecule has 0 spiro atoms. The van der Waals surface area contributed by atoms with Crippen LogP contribution in [-0.2, 0) is 6.54 Å². The SMILES string of the molecule is Cc1nc(C2CCCN(C(=O)NCc3snnc3C(C)C)C2)n[nH]1. The van der Waals surface area contributed by atoms with E-state index >= 15 is 0 Å². The number of nitrogens with one attached hydrogen (secondary N) is 2. The summed E-state index contributed by atoms with van der Waals surface area (Å²) in [6.45, 7) is 7.95. The number of hydrogen-bond donors (Lipinski definition) is 2. The van der Waals surface area contributed by atoms with Crippen molar-refractivity contribution in [2.24, 2.45) is 0 Å². The molecule has 0 bridgehead atoms. The Labute approximate surface area is 145 Å². The van der Waals surface area contributed by atoms with Gasteiger partial charge in [0, 0.05) is 19.0 Å². The van der Waals surface area contributed by atoms with Crippen molar-refractivity contribution in [2.45, 2.75) is 52.0 Å². The smallest absolute Gasteiger partial charge is 0.317 e. The fourth-order valence-corrected chi connectivity index (χ4v) is 3.69. The van der Waals surface area contributed by atoms with E-state index in [1.807, 2.05) is 11.8 Å². The number of aromatic amines is 1. The summed E-state index contributed by atoms with van der Waals surface area (Å²) < 4.78 is 3.99. The Bertz CT molecular complexity index is 696. The molecule has 2 aromatic heterocycles. The normalized spacial score (nSPS) is 18.2. The number of aryl methyl sites for hydroxylation is 1. The molecule has 0 saturated carbocycles. The van der Waals surface area contributed by atoms with Crippen molar-refractivity contribution in [3.8, 4) is 0 Å². The number of nitrogens with zero attached hydrogens (tertiary/aromatic N) is 5. The first kappa shape index (κ1) is 16.8. The average Bonchev–Trinajstić information content (AvgIpc) is 3.21. The third-order valence-electron chi connectivity index (χ3n) is 4.22. The molecule has 1 atom stereocenters. The molecule has 0 aromatic carbocycles. The van der Waals surface area contributed by atoms with Crippen molar-refractivity contribution in [1.29, 1.82) is 0 Å². The van der Waals surface area contributed by atoms with E-state index in [2.05, 4.69) is 43.9 Å². The van der Waals surface area contributed by atoms with Crippen LogP contribution in [0.4, 0.5) is 4.79 Å². The standard InChI is InChI=1S/C15H23N7OS/c1-9(2)13-12(24-21-19-13)7-16-15(23)22-6-4-5-11(8-22)14-17-10(3)18-20-14/h9,11H,4-8H2,1-3H3,(H,16,23)(H,17,18,20). The minimum absolute atomic E-state index is 0.0462. The average molecular weight is 349 g/mol. The number of urea groups is 1. The van der Waals surface area contributed by atoms with E-state index in [1.165, 1.54) is 11.5 Å². The van der Waals surface area contributed by atoms with Crippen LogP contribution in [-0.4, -0.2) is 48.8 Å². The molecule has 1 aliphatic rings. The quantitative estimate of drug-likeness (QED) is 0.881. The molecule has 1 aliphatic heterocycles. The Kier molecular flexibility index (Phi) is 5.08. The van der Waals surface area contributed by atoms with Gasteiger partial charge in [0.25, 0.3) is 0 Å². The number of piperidine rings is 1. The van der Waals surface area contributed by atoms with Crippen molar-refractivity contribution in [1.82, 2.24) is 35.0 Å². The maximum absolute atomic E-state index is 12.5. The largest absolute Gasteiger partial charge is 0.333 e. The molecule has 0 aliphatic carbocycles. The predicted octanol–water partition coefficient (Wildman–Crippen LogP) is 2.18. The number of amides is 2. The molecule has 3 heterocycles. The zero-order chi connectivity index (χ0) is 17.1. The van der Waals surface area contributed by atoms with Gasteiger partial charge >= 0.3 is 6.03 Å².